The first-order valence-electron chi connectivity index (χ1n) is 4.69. The highest BCUT2D eigenvalue weighted by molar-refractivity contribution is 6.21. The minimum absolute atomic E-state index is 0.0119. The Morgan fingerprint density at radius 2 is 1.77 bits per heavy atom. The Morgan fingerprint density at radius 1 is 1.23 bits per heavy atom. The summed E-state index contributed by atoms with van der Waals surface area (Å²) < 4.78 is 0. The third-order valence-electron chi connectivity index (χ3n) is 2.79. The van der Waals surface area contributed by atoms with E-state index in [1.54, 1.807) is 0 Å². The van der Waals surface area contributed by atoms with Crippen LogP contribution in [0.15, 0.2) is 0 Å². The normalized spacial score (nSPS) is 28.0. The van der Waals surface area contributed by atoms with Gasteiger partial charge in [0.25, 0.3) is 0 Å². The molecule has 0 aromatic rings. The van der Waals surface area contributed by atoms with E-state index in [4.69, 9.17) is 11.6 Å². The highest BCUT2D eigenvalue weighted by Crippen LogP contribution is 2.36. The van der Waals surface area contributed by atoms with Gasteiger partial charge >= 0.3 is 0 Å². The van der Waals surface area contributed by atoms with Crippen LogP contribution in [0.4, 0.5) is 0 Å². The van der Waals surface area contributed by atoms with E-state index in [1.165, 1.54) is 13.8 Å². The molecule has 1 aliphatic carbocycles. The topological polar surface area (TPSA) is 34.1 Å². The predicted octanol–water partition coefficient (Wildman–Crippen LogP) is 2.19. The molecular weight excluding hydrogens is 188 g/mol. The molecule has 0 unspecified atom stereocenters. The summed E-state index contributed by atoms with van der Waals surface area (Å²) in [7, 11) is 0. The smallest absolute Gasteiger partial charge is 0.140 e. The zero-order chi connectivity index (χ0) is 10.0. The Bertz CT molecular complexity index is 211. The van der Waals surface area contributed by atoms with Gasteiger partial charge in [0.15, 0.2) is 0 Å². The average molecular weight is 203 g/mol. The second-order valence-electron chi connectivity index (χ2n) is 3.81. The van der Waals surface area contributed by atoms with Gasteiger partial charge in [-0.3, -0.25) is 9.59 Å². The van der Waals surface area contributed by atoms with Crippen LogP contribution in [0.1, 0.15) is 33.1 Å². The largest absolute Gasteiger partial charge is 0.299 e. The van der Waals surface area contributed by atoms with E-state index in [0.29, 0.717) is 0 Å². The number of Topliss-reactive ketones (excluding diaryl/α,β-unsaturated/α-hetero) is 2. The number of hydrogen-bond acceptors (Lipinski definition) is 2. The fourth-order valence-electron chi connectivity index (χ4n) is 2.21. The zero-order valence-corrected chi connectivity index (χ0v) is 8.80. The standard InChI is InChI=1S/C10H15ClO2/c1-6(12)10(7(2)13)8-4-3-5-9(8)11/h8-10H,3-5H2,1-2H3/t8-,9-/m1/s1. The Balaban J connectivity index is 2.75. The monoisotopic (exact) mass is 202 g/mol. The number of halogens is 1. The van der Waals surface area contributed by atoms with Crippen LogP contribution >= 0.6 is 11.6 Å². The third-order valence-corrected chi connectivity index (χ3v) is 3.33. The molecule has 1 saturated carbocycles. The molecule has 1 rings (SSSR count). The molecule has 1 aliphatic rings. The minimum Gasteiger partial charge on any atom is -0.299 e. The Kier molecular flexibility index (Phi) is 3.48. The molecule has 0 N–H and O–H groups in total. The molecule has 0 aliphatic heterocycles. The maximum Gasteiger partial charge on any atom is 0.140 e. The molecule has 0 amide bonds. The molecule has 2 atom stereocenters. The molecule has 2 nitrogen and oxygen atoms in total. The average Bonchev–Trinajstić information content (AvgIpc) is 2.35. The summed E-state index contributed by atoms with van der Waals surface area (Å²) in [5.74, 6) is -0.447. The molecule has 0 aromatic heterocycles. The van der Waals surface area contributed by atoms with Crippen molar-refractivity contribution in [2.24, 2.45) is 11.8 Å². The van der Waals surface area contributed by atoms with Crippen molar-refractivity contribution in [3.63, 3.8) is 0 Å². The summed E-state index contributed by atoms with van der Waals surface area (Å²) in [5, 5.41) is 0.0119. The van der Waals surface area contributed by atoms with Crippen molar-refractivity contribution < 1.29 is 9.59 Å². The molecule has 1 fully saturated rings. The molecule has 0 spiro atoms. The van der Waals surface area contributed by atoms with Crippen molar-refractivity contribution in [1.82, 2.24) is 0 Å². The summed E-state index contributed by atoms with van der Waals surface area (Å²) in [5.41, 5.74) is 0. The molecular formula is C10H15ClO2. The maximum atomic E-state index is 11.2. The zero-order valence-electron chi connectivity index (χ0n) is 8.05. The lowest BCUT2D eigenvalue weighted by Gasteiger charge is -2.20. The summed E-state index contributed by atoms with van der Waals surface area (Å²) >= 11 is 6.06. The van der Waals surface area contributed by atoms with E-state index in [-0.39, 0.29) is 22.9 Å². The van der Waals surface area contributed by atoms with Crippen LogP contribution in [0.25, 0.3) is 0 Å². The van der Waals surface area contributed by atoms with Crippen LogP contribution in [0, 0.1) is 11.8 Å². The Labute approximate surface area is 83.6 Å². The molecule has 13 heavy (non-hydrogen) atoms. The molecule has 0 heterocycles. The SMILES string of the molecule is CC(=O)C(C(C)=O)[C@@H]1CCC[C@H]1Cl. The fourth-order valence-corrected chi connectivity index (χ4v) is 2.63. The highest BCUT2D eigenvalue weighted by atomic mass is 35.5. The molecule has 0 saturated heterocycles. The van der Waals surface area contributed by atoms with E-state index < -0.39 is 5.92 Å². The van der Waals surface area contributed by atoms with Gasteiger partial charge in [0.2, 0.25) is 0 Å². The van der Waals surface area contributed by atoms with Crippen molar-refractivity contribution in [2.75, 3.05) is 0 Å². The first kappa shape index (κ1) is 10.7. The van der Waals surface area contributed by atoms with Crippen LogP contribution < -0.4 is 0 Å². The molecule has 3 heteroatoms. The van der Waals surface area contributed by atoms with Crippen LogP contribution in [-0.4, -0.2) is 16.9 Å². The number of carbonyl (C=O) groups excluding carboxylic acids is 2. The first-order valence-corrected chi connectivity index (χ1v) is 5.12. The van der Waals surface area contributed by atoms with E-state index in [1.807, 2.05) is 0 Å². The quantitative estimate of drug-likeness (QED) is 0.519. The summed E-state index contributed by atoms with van der Waals surface area (Å²) in [6.07, 6.45) is 2.89. The van der Waals surface area contributed by atoms with Gasteiger partial charge in [-0.25, -0.2) is 0 Å². The van der Waals surface area contributed by atoms with Crippen molar-refractivity contribution in [3.05, 3.63) is 0 Å². The summed E-state index contributed by atoms with van der Waals surface area (Å²) in [6.45, 7) is 2.96. The van der Waals surface area contributed by atoms with Gasteiger partial charge in [-0.05, 0) is 32.6 Å². The van der Waals surface area contributed by atoms with Gasteiger partial charge in [-0.15, -0.1) is 11.6 Å². The lowest BCUT2D eigenvalue weighted by Crippen LogP contribution is -2.31. The lowest BCUT2D eigenvalue weighted by atomic mass is 9.85. The van der Waals surface area contributed by atoms with Gasteiger partial charge in [0, 0.05) is 5.38 Å². The van der Waals surface area contributed by atoms with Gasteiger partial charge in [-0.1, -0.05) is 6.42 Å². The van der Waals surface area contributed by atoms with E-state index in [9.17, 15) is 9.59 Å². The number of ketones is 2. The maximum absolute atomic E-state index is 11.2. The van der Waals surface area contributed by atoms with Gasteiger partial charge < -0.3 is 0 Å². The van der Waals surface area contributed by atoms with Crippen LogP contribution in [-0.2, 0) is 9.59 Å². The number of hydrogen-bond donors (Lipinski definition) is 0. The molecule has 0 radical (unpaired) electrons. The first-order chi connectivity index (χ1) is 6.04. The molecule has 0 aromatic carbocycles. The minimum atomic E-state index is -0.454. The van der Waals surface area contributed by atoms with Crippen LogP contribution in [0.3, 0.4) is 0 Å². The number of alkyl halides is 1. The Hall–Kier alpha value is -0.370. The van der Waals surface area contributed by atoms with E-state index in [0.717, 1.165) is 19.3 Å². The van der Waals surface area contributed by atoms with Crippen molar-refractivity contribution in [2.45, 2.75) is 38.5 Å². The predicted molar refractivity (Wildman–Crippen MR) is 51.8 cm³/mol. The highest BCUT2D eigenvalue weighted by Gasteiger charge is 2.37. The second-order valence-corrected chi connectivity index (χ2v) is 4.37. The summed E-state index contributed by atoms with van der Waals surface area (Å²) in [6, 6.07) is 0. The summed E-state index contributed by atoms with van der Waals surface area (Å²) in [4.78, 5) is 22.5. The van der Waals surface area contributed by atoms with Crippen molar-refractivity contribution in [3.8, 4) is 0 Å². The number of rotatable bonds is 3. The van der Waals surface area contributed by atoms with E-state index in [2.05, 4.69) is 0 Å². The van der Waals surface area contributed by atoms with Crippen LogP contribution in [0.5, 0.6) is 0 Å². The third kappa shape index (κ3) is 2.31. The van der Waals surface area contributed by atoms with Gasteiger partial charge in [0.05, 0.1) is 5.92 Å². The lowest BCUT2D eigenvalue weighted by molar-refractivity contribution is -0.132. The second kappa shape index (κ2) is 4.23. The Morgan fingerprint density at radius 3 is 2.08 bits per heavy atom. The van der Waals surface area contributed by atoms with Gasteiger partial charge in [0.1, 0.15) is 11.6 Å². The molecule has 74 valence electrons. The molecule has 0 bridgehead atoms. The van der Waals surface area contributed by atoms with Gasteiger partial charge in [-0.2, -0.15) is 0 Å². The fraction of sp³-hybridized carbons (Fsp3) is 0.800. The number of carbonyl (C=O) groups is 2. The van der Waals surface area contributed by atoms with E-state index >= 15 is 0 Å². The van der Waals surface area contributed by atoms with Crippen LogP contribution in [0.2, 0.25) is 0 Å². The van der Waals surface area contributed by atoms with Crippen molar-refractivity contribution in [1.29, 1.82) is 0 Å². The van der Waals surface area contributed by atoms with Crippen molar-refractivity contribution >= 4 is 23.2 Å².